The van der Waals surface area contributed by atoms with Gasteiger partial charge in [-0.05, 0) is 66.8 Å². The highest BCUT2D eigenvalue weighted by molar-refractivity contribution is 6.32. The van der Waals surface area contributed by atoms with E-state index >= 15 is 9.18 Å². The second kappa shape index (κ2) is 11.5. The Hall–Kier alpha value is -5.61. The van der Waals surface area contributed by atoms with Gasteiger partial charge >= 0.3 is 5.97 Å². The van der Waals surface area contributed by atoms with Crippen LogP contribution < -0.4 is 9.80 Å². The highest BCUT2D eigenvalue weighted by Crippen LogP contribution is 2.65. The normalized spacial score (nSPS) is 27.2. The van der Waals surface area contributed by atoms with Gasteiger partial charge in [0.1, 0.15) is 0 Å². The zero-order chi connectivity index (χ0) is 35.1. The minimum Gasteiger partial charge on any atom is -0.505 e. The number of carboxylic acids is 1. The Morgan fingerprint density at radius 1 is 0.800 bits per heavy atom. The molecule has 4 aliphatic rings. The lowest BCUT2D eigenvalue weighted by atomic mass is 9.49. The number of anilines is 2. The summed E-state index contributed by atoms with van der Waals surface area (Å²) in [5.41, 5.74) is -0.324. The number of benzene rings is 4. The molecule has 9 nitrogen and oxygen atoms in total. The van der Waals surface area contributed by atoms with E-state index < -0.39 is 76.2 Å². The molecule has 8 rings (SSSR count). The van der Waals surface area contributed by atoms with Crippen LogP contribution >= 0.6 is 11.6 Å². The summed E-state index contributed by atoms with van der Waals surface area (Å²) in [6.07, 6.45) is 1.89. The lowest BCUT2D eigenvalue weighted by Crippen LogP contribution is -2.53. The highest BCUT2D eigenvalue weighted by atomic mass is 35.5. The predicted octanol–water partition coefficient (Wildman–Crippen LogP) is 6.25. The number of halogens is 2. The Morgan fingerprint density at radius 2 is 1.50 bits per heavy atom. The van der Waals surface area contributed by atoms with Crippen LogP contribution in [0.2, 0.25) is 5.02 Å². The number of aromatic carboxylic acids is 1. The van der Waals surface area contributed by atoms with Crippen molar-refractivity contribution in [3.63, 3.8) is 0 Å². The summed E-state index contributed by atoms with van der Waals surface area (Å²) in [6.45, 7) is 0. The molecule has 4 aromatic rings. The van der Waals surface area contributed by atoms with E-state index in [4.69, 9.17) is 11.6 Å². The third-order valence-corrected chi connectivity index (χ3v) is 11.1. The number of phenolic OH excluding ortho intramolecular Hbond substituents is 1. The molecule has 3 fully saturated rings. The van der Waals surface area contributed by atoms with E-state index in [1.54, 1.807) is 54.6 Å². The van der Waals surface area contributed by atoms with Gasteiger partial charge in [-0.2, -0.15) is 0 Å². The van der Waals surface area contributed by atoms with Gasteiger partial charge < -0.3 is 10.2 Å². The Kier molecular flexibility index (Phi) is 7.27. The number of phenols is 1. The summed E-state index contributed by atoms with van der Waals surface area (Å²) in [4.78, 5) is 72.1. The van der Waals surface area contributed by atoms with Crippen molar-refractivity contribution < 1.29 is 38.6 Å². The maximum atomic E-state index is 15.3. The first kappa shape index (κ1) is 31.6. The van der Waals surface area contributed by atoms with Gasteiger partial charge in [0.15, 0.2) is 11.6 Å². The molecule has 2 aliphatic heterocycles. The van der Waals surface area contributed by atoms with Crippen molar-refractivity contribution in [1.29, 1.82) is 0 Å². The molecule has 0 radical (unpaired) electrons. The van der Waals surface area contributed by atoms with Crippen molar-refractivity contribution in [2.45, 2.75) is 24.2 Å². The van der Waals surface area contributed by atoms with Crippen LogP contribution in [0.3, 0.4) is 0 Å². The number of rotatable bonds is 5. The number of aromatic hydroxyl groups is 1. The van der Waals surface area contributed by atoms with E-state index in [0.29, 0.717) is 16.2 Å². The molecule has 2 aliphatic carbocycles. The molecule has 250 valence electrons. The Morgan fingerprint density at radius 3 is 2.22 bits per heavy atom. The summed E-state index contributed by atoms with van der Waals surface area (Å²) in [5, 5.41) is 21.2. The van der Waals surface area contributed by atoms with Crippen molar-refractivity contribution >= 4 is 52.6 Å². The topological polar surface area (TPSA) is 132 Å². The third-order valence-electron chi connectivity index (χ3n) is 10.8. The first-order valence-corrected chi connectivity index (χ1v) is 16.5. The zero-order valence-electron chi connectivity index (χ0n) is 26.2. The van der Waals surface area contributed by atoms with E-state index in [-0.39, 0.29) is 35.3 Å². The fourth-order valence-electron chi connectivity index (χ4n) is 8.89. The summed E-state index contributed by atoms with van der Waals surface area (Å²) in [6, 6.07) is 24.7. The van der Waals surface area contributed by atoms with Crippen LogP contribution in [0.1, 0.15) is 40.2 Å². The zero-order valence-corrected chi connectivity index (χ0v) is 27.0. The van der Waals surface area contributed by atoms with Crippen molar-refractivity contribution in [2.75, 3.05) is 9.80 Å². The van der Waals surface area contributed by atoms with Gasteiger partial charge in [-0.15, -0.1) is 0 Å². The summed E-state index contributed by atoms with van der Waals surface area (Å²) < 4.78 is 15.3. The largest absolute Gasteiger partial charge is 0.505 e. The standard InChI is InChI=1S/C39H28ClFN2O7/c40-22-10-5-12-24(18-22)43-35(46)29-19-28-25(15-16-26-31(28)36(47)42(34(26)45)23-11-4-7-20(17-23)37(48)49)32(27-13-6-14-30(41)33(27)44)39(29,38(43)50)21-8-2-1-3-9-21/h1-15,17-18,26,28-29,31-32,44H,16,19H2,(H,48,49)/t26-,28+,29-,31-,32+,39+/m0/s1. The molecule has 2 N–H and O–H groups in total. The monoisotopic (exact) mass is 690 g/mol. The van der Waals surface area contributed by atoms with E-state index in [9.17, 15) is 29.4 Å². The molecule has 50 heavy (non-hydrogen) atoms. The molecule has 4 amide bonds. The van der Waals surface area contributed by atoms with Crippen LogP contribution in [0.5, 0.6) is 5.75 Å². The van der Waals surface area contributed by atoms with Gasteiger partial charge in [-0.25, -0.2) is 14.1 Å². The number of amides is 4. The fraction of sp³-hybridized carbons (Fsp3) is 0.205. The number of nitrogens with zero attached hydrogens (tertiary/aromatic N) is 2. The van der Waals surface area contributed by atoms with Crippen LogP contribution in [-0.2, 0) is 24.6 Å². The molecule has 2 saturated heterocycles. The average molecular weight is 691 g/mol. The van der Waals surface area contributed by atoms with Crippen molar-refractivity contribution in [1.82, 2.24) is 0 Å². The van der Waals surface area contributed by atoms with E-state index in [1.807, 2.05) is 0 Å². The first-order chi connectivity index (χ1) is 24.0. The molecule has 2 heterocycles. The SMILES string of the molecule is O=C(O)c1cccc(N2C(=O)[C@H]3[C@H](CC=C4[C@H]3C[C@H]3C(=O)N(c5cccc(Cl)c5)C(=O)[C@@]3(c3ccccc3)[C@H]4c3cccc(F)c3O)C2=O)c1. The number of carbonyl (C=O) groups excluding carboxylic acids is 4. The Balaban J connectivity index is 1.35. The second-order valence-corrected chi connectivity index (χ2v) is 13.6. The number of carboxylic acid groups (broad SMARTS) is 1. The smallest absolute Gasteiger partial charge is 0.335 e. The maximum Gasteiger partial charge on any atom is 0.335 e. The molecule has 1 saturated carbocycles. The number of imide groups is 2. The van der Waals surface area contributed by atoms with Crippen LogP contribution in [0.25, 0.3) is 0 Å². The number of fused-ring (bicyclic) bond motifs is 4. The van der Waals surface area contributed by atoms with Crippen molar-refractivity contribution in [3.8, 4) is 5.75 Å². The molecular weight excluding hydrogens is 663 g/mol. The van der Waals surface area contributed by atoms with Crippen molar-refractivity contribution in [2.24, 2.45) is 23.7 Å². The number of carbonyl (C=O) groups is 5. The van der Waals surface area contributed by atoms with Gasteiger partial charge in [0, 0.05) is 16.5 Å². The summed E-state index contributed by atoms with van der Waals surface area (Å²) >= 11 is 6.33. The van der Waals surface area contributed by atoms with Crippen LogP contribution in [0.15, 0.2) is 109 Å². The minimum atomic E-state index is -1.68. The van der Waals surface area contributed by atoms with Gasteiger partial charge in [-0.3, -0.25) is 24.1 Å². The lowest BCUT2D eigenvalue weighted by Gasteiger charge is -2.50. The molecule has 0 spiro atoms. The number of allylic oxidation sites excluding steroid dienone is 2. The minimum absolute atomic E-state index is 0.00185. The van der Waals surface area contributed by atoms with Crippen LogP contribution in [0.4, 0.5) is 15.8 Å². The maximum absolute atomic E-state index is 15.3. The fourth-order valence-corrected chi connectivity index (χ4v) is 9.07. The van der Waals surface area contributed by atoms with Crippen LogP contribution in [-0.4, -0.2) is 39.8 Å². The predicted molar refractivity (Wildman–Crippen MR) is 180 cm³/mol. The molecule has 0 aromatic heterocycles. The molecular formula is C39H28ClFN2O7. The molecule has 0 bridgehead atoms. The Labute approximate surface area is 290 Å². The van der Waals surface area contributed by atoms with E-state index in [1.165, 1.54) is 42.5 Å². The highest BCUT2D eigenvalue weighted by Gasteiger charge is 2.70. The van der Waals surface area contributed by atoms with Gasteiger partial charge in [0.05, 0.1) is 40.1 Å². The van der Waals surface area contributed by atoms with E-state index in [0.717, 1.165) is 15.9 Å². The van der Waals surface area contributed by atoms with Crippen molar-refractivity contribution in [3.05, 3.63) is 136 Å². The molecule has 6 atom stereocenters. The first-order valence-electron chi connectivity index (χ1n) is 16.1. The lowest BCUT2D eigenvalue weighted by molar-refractivity contribution is -0.127. The quantitative estimate of drug-likeness (QED) is 0.187. The van der Waals surface area contributed by atoms with Gasteiger partial charge in [0.2, 0.25) is 23.6 Å². The number of hydrogen-bond donors (Lipinski definition) is 2. The van der Waals surface area contributed by atoms with Gasteiger partial charge in [0.25, 0.3) is 0 Å². The Bertz CT molecular complexity index is 2190. The molecule has 11 heteroatoms. The van der Waals surface area contributed by atoms with Gasteiger partial charge in [-0.1, -0.05) is 77.8 Å². The second-order valence-electron chi connectivity index (χ2n) is 13.1. The third kappa shape index (κ3) is 4.34. The molecule has 0 unspecified atom stereocenters. The summed E-state index contributed by atoms with van der Waals surface area (Å²) in [7, 11) is 0. The number of hydrogen-bond acceptors (Lipinski definition) is 6. The van der Waals surface area contributed by atoms with E-state index in [2.05, 4.69) is 0 Å². The summed E-state index contributed by atoms with van der Waals surface area (Å²) in [5.74, 6) is -9.78. The van der Waals surface area contributed by atoms with Crippen LogP contribution in [0, 0.1) is 29.5 Å². The average Bonchev–Trinajstić information content (AvgIpc) is 3.50. The number of para-hydroxylation sites is 1. The molecule has 4 aromatic carbocycles.